The van der Waals surface area contributed by atoms with Crippen molar-refractivity contribution >= 4 is 40.8 Å². The molecular weight excluding hydrogens is 451 g/mol. The van der Waals surface area contributed by atoms with Crippen molar-refractivity contribution in [2.45, 2.75) is 19.9 Å². The Hall–Kier alpha value is -3.16. The van der Waals surface area contributed by atoms with E-state index < -0.39 is 18.5 Å². The molecule has 164 valence electrons. The molecule has 0 fully saturated rings. The van der Waals surface area contributed by atoms with Gasteiger partial charge >= 0.3 is 5.97 Å². The highest BCUT2D eigenvalue weighted by molar-refractivity contribution is 6.33. The van der Waals surface area contributed by atoms with E-state index in [1.54, 1.807) is 13.0 Å². The van der Waals surface area contributed by atoms with Gasteiger partial charge in [-0.25, -0.2) is 14.5 Å². The molecule has 4 rings (SSSR count). The Morgan fingerprint density at radius 2 is 1.78 bits per heavy atom. The molecule has 0 aliphatic carbocycles. The standard InChI is InChI=1S/C23H20Cl2N4O3/c1-15-21(22(25)29(26-15)13-17-9-5-6-10-18(17)24)23(31)32-14-20(30)28-12-11-19(27-28)16-7-3-2-4-8-16/h2-10H,11-14H2,1H3. The fourth-order valence-electron chi connectivity index (χ4n) is 3.42. The molecule has 1 amide bonds. The van der Waals surface area contributed by atoms with Gasteiger partial charge in [0.25, 0.3) is 5.91 Å². The third-order valence-electron chi connectivity index (χ3n) is 5.07. The summed E-state index contributed by atoms with van der Waals surface area (Å²) in [5.74, 6) is -1.11. The summed E-state index contributed by atoms with van der Waals surface area (Å²) < 4.78 is 6.71. The van der Waals surface area contributed by atoms with E-state index in [4.69, 9.17) is 27.9 Å². The van der Waals surface area contributed by atoms with E-state index >= 15 is 0 Å². The summed E-state index contributed by atoms with van der Waals surface area (Å²) in [6, 6.07) is 17.0. The summed E-state index contributed by atoms with van der Waals surface area (Å²) in [7, 11) is 0. The lowest BCUT2D eigenvalue weighted by Crippen LogP contribution is -2.28. The van der Waals surface area contributed by atoms with Gasteiger partial charge in [0.1, 0.15) is 10.7 Å². The Kier molecular flexibility index (Phi) is 6.58. The Balaban J connectivity index is 1.40. The smallest absolute Gasteiger partial charge is 0.343 e. The monoisotopic (exact) mass is 470 g/mol. The molecule has 3 aromatic rings. The average Bonchev–Trinajstić information content (AvgIpc) is 3.39. The van der Waals surface area contributed by atoms with Crippen LogP contribution < -0.4 is 0 Å². The molecule has 1 aromatic heterocycles. The van der Waals surface area contributed by atoms with Gasteiger partial charge in [0.2, 0.25) is 0 Å². The maximum Gasteiger partial charge on any atom is 0.343 e. The van der Waals surface area contributed by atoms with Gasteiger partial charge in [-0.05, 0) is 24.1 Å². The minimum Gasteiger partial charge on any atom is -0.452 e. The molecular formula is C23H20Cl2N4O3. The lowest BCUT2D eigenvalue weighted by molar-refractivity contribution is -0.134. The molecule has 1 aliphatic heterocycles. The molecule has 1 aliphatic rings. The fourth-order valence-corrected chi connectivity index (χ4v) is 3.93. The Morgan fingerprint density at radius 3 is 2.53 bits per heavy atom. The first-order chi connectivity index (χ1) is 15.4. The van der Waals surface area contributed by atoms with E-state index in [1.165, 1.54) is 9.69 Å². The summed E-state index contributed by atoms with van der Waals surface area (Å²) in [6.45, 7) is 1.96. The van der Waals surface area contributed by atoms with Crippen molar-refractivity contribution in [3.05, 3.63) is 87.2 Å². The van der Waals surface area contributed by atoms with Gasteiger partial charge in [0.15, 0.2) is 6.61 Å². The summed E-state index contributed by atoms with van der Waals surface area (Å²) in [4.78, 5) is 25.1. The topological polar surface area (TPSA) is 76.8 Å². The Morgan fingerprint density at radius 1 is 1.06 bits per heavy atom. The highest BCUT2D eigenvalue weighted by Crippen LogP contribution is 2.24. The van der Waals surface area contributed by atoms with Gasteiger partial charge in [-0.3, -0.25) is 4.79 Å². The number of carbonyl (C=O) groups excluding carboxylic acids is 2. The first-order valence-electron chi connectivity index (χ1n) is 10.0. The van der Waals surface area contributed by atoms with Crippen LogP contribution in [0.3, 0.4) is 0 Å². The van der Waals surface area contributed by atoms with Crippen molar-refractivity contribution in [3.8, 4) is 0 Å². The first-order valence-corrected chi connectivity index (χ1v) is 10.8. The molecule has 0 saturated carbocycles. The molecule has 0 atom stereocenters. The first kappa shape index (κ1) is 22.0. The van der Waals surface area contributed by atoms with Crippen LogP contribution in [0, 0.1) is 6.92 Å². The van der Waals surface area contributed by atoms with Crippen molar-refractivity contribution in [2.24, 2.45) is 5.10 Å². The number of rotatable bonds is 6. The van der Waals surface area contributed by atoms with Gasteiger partial charge in [-0.2, -0.15) is 10.2 Å². The van der Waals surface area contributed by atoms with Crippen molar-refractivity contribution in [1.82, 2.24) is 14.8 Å². The third kappa shape index (κ3) is 4.69. The van der Waals surface area contributed by atoms with Crippen LogP contribution in [-0.2, 0) is 16.1 Å². The number of esters is 1. The maximum absolute atomic E-state index is 12.6. The van der Waals surface area contributed by atoms with Crippen LogP contribution in [0.4, 0.5) is 0 Å². The van der Waals surface area contributed by atoms with E-state index in [0.717, 1.165) is 16.8 Å². The van der Waals surface area contributed by atoms with Crippen LogP contribution in [0.25, 0.3) is 0 Å². The number of halogens is 2. The number of hydrogen-bond acceptors (Lipinski definition) is 5. The van der Waals surface area contributed by atoms with Gasteiger partial charge < -0.3 is 4.74 Å². The number of hydrazone groups is 1. The fraction of sp³-hybridized carbons (Fsp3) is 0.217. The predicted molar refractivity (Wildman–Crippen MR) is 122 cm³/mol. The Bertz CT molecular complexity index is 1190. The van der Waals surface area contributed by atoms with Gasteiger partial charge in [-0.1, -0.05) is 71.7 Å². The number of carbonyl (C=O) groups is 2. The molecule has 0 radical (unpaired) electrons. The Labute approximate surface area is 195 Å². The molecule has 7 nitrogen and oxygen atoms in total. The number of aryl methyl sites for hydroxylation is 1. The van der Waals surface area contributed by atoms with E-state index in [-0.39, 0.29) is 10.7 Å². The largest absolute Gasteiger partial charge is 0.452 e. The molecule has 32 heavy (non-hydrogen) atoms. The number of amides is 1. The molecule has 0 bridgehead atoms. The van der Waals surface area contributed by atoms with Gasteiger partial charge in [0.05, 0.1) is 24.5 Å². The minimum atomic E-state index is -0.710. The van der Waals surface area contributed by atoms with Crippen LogP contribution in [0.1, 0.15) is 33.6 Å². The van der Waals surface area contributed by atoms with Crippen molar-refractivity contribution in [1.29, 1.82) is 0 Å². The molecule has 2 aromatic carbocycles. The second kappa shape index (κ2) is 9.54. The second-order valence-electron chi connectivity index (χ2n) is 7.26. The lowest BCUT2D eigenvalue weighted by atomic mass is 10.1. The quantitative estimate of drug-likeness (QED) is 0.502. The van der Waals surface area contributed by atoms with Crippen LogP contribution in [0.15, 0.2) is 59.7 Å². The van der Waals surface area contributed by atoms with Gasteiger partial charge in [0, 0.05) is 11.4 Å². The number of aromatic nitrogens is 2. The highest BCUT2D eigenvalue weighted by atomic mass is 35.5. The van der Waals surface area contributed by atoms with Crippen LogP contribution in [-0.4, -0.2) is 45.5 Å². The van der Waals surface area contributed by atoms with Crippen molar-refractivity contribution < 1.29 is 14.3 Å². The maximum atomic E-state index is 12.6. The minimum absolute atomic E-state index is 0.126. The third-order valence-corrected chi connectivity index (χ3v) is 5.82. The van der Waals surface area contributed by atoms with Crippen LogP contribution in [0.5, 0.6) is 0 Å². The number of ether oxygens (including phenoxy) is 1. The average molecular weight is 471 g/mol. The zero-order chi connectivity index (χ0) is 22.7. The predicted octanol–water partition coefficient (Wildman–Crippen LogP) is 4.34. The van der Waals surface area contributed by atoms with Gasteiger partial charge in [-0.15, -0.1) is 0 Å². The number of hydrogen-bond donors (Lipinski definition) is 0. The van der Waals surface area contributed by atoms with E-state index in [9.17, 15) is 9.59 Å². The summed E-state index contributed by atoms with van der Waals surface area (Å²) >= 11 is 12.6. The molecule has 2 heterocycles. The normalized spacial score (nSPS) is 13.2. The molecule has 0 unspecified atom stereocenters. The van der Waals surface area contributed by atoms with E-state index in [0.29, 0.717) is 30.2 Å². The molecule has 0 spiro atoms. The van der Waals surface area contributed by atoms with Crippen LogP contribution in [0.2, 0.25) is 10.2 Å². The second-order valence-corrected chi connectivity index (χ2v) is 8.02. The molecule has 0 saturated heterocycles. The summed E-state index contributed by atoms with van der Waals surface area (Å²) in [5, 5.41) is 10.7. The SMILES string of the molecule is Cc1nn(Cc2ccccc2Cl)c(Cl)c1C(=O)OCC(=O)N1CCC(c2ccccc2)=N1. The zero-order valence-corrected chi connectivity index (χ0v) is 18.8. The zero-order valence-electron chi connectivity index (χ0n) is 17.3. The highest BCUT2D eigenvalue weighted by Gasteiger charge is 2.26. The number of nitrogens with zero attached hydrogens (tertiary/aromatic N) is 4. The molecule has 9 heteroatoms. The lowest BCUT2D eigenvalue weighted by Gasteiger charge is -2.11. The summed E-state index contributed by atoms with van der Waals surface area (Å²) in [5.41, 5.74) is 3.14. The van der Waals surface area contributed by atoms with Crippen molar-refractivity contribution in [2.75, 3.05) is 13.2 Å². The van der Waals surface area contributed by atoms with Crippen molar-refractivity contribution in [3.63, 3.8) is 0 Å². The van der Waals surface area contributed by atoms with E-state index in [2.05, 4.69) is 10.2 Å². The van der Waals surface area contributed by atoms with E-state index in [1.807, 2.05) is 48.5 Å². The van der Waals surface area contributed by atoms with Crippen LogP contribution >= 0.6 is 23.2 Å². The summed E-state index contributed by atoms with van der Waals surface area (Å²) in [6.07, 6.45) is 0.642. The number of benzene rings is 2. The molecule has 0 N–H and O–H groups in total.